The molecule has 0 radical (unpaired) electrons. The van der Waals surface area contributed by atoms with Crippen LogP contribution in [-0.2, 0) is 9.53 Å². The van der Waals surface area contributed by atoms with Gasteiger partial charge in [-0.2, -0.15) is 0 Å². The molecule has 134 valence electrons. The van der Waals surface area contributed by atoms with Crippen molar-refractivity contribution < 1.29 is 19.1 Å². The van der Waals surface area contributed by atoms with Gasteiger partial charge in [-0.15, -0.1) is 11.3 Å². The Hall–Kier alpha value is -2.34. The minimum Gasteiger partial charge on any atom is -0.497 e. The highest BCUT2D eigenvalue weighted by Crippen LogP contribution is 2.32. The van der Waals surface area contributed by atoms with Crippen molar-refractivity contribution in [3.8, 4) is 16.9 Å². The number of likely N-dealkylation sites (N-methyl/N-ethyl adjacent to an activating group) is 1. The van der Waals surface area contributed by atoms with Gasteiger partial charge < -0.3 is 14.4 Å². The number of ether oxygens (including phenoxy) is 2. The summed E-state index contributed by atoms with van der Waals surface area (Å²) in [6, 6.07) is 9.48. The summed E-state index contributed by atoms with van der Waals surface area (Å²) in [7, 11) is 1.62. The third kappa shape index (κ3) is 4.60. The molecule has 0 bridgehead atoms. The molecule has 0 fully saturated rings. The normalized spacial score (nSPS) is 10.4. The van der Waals surface area contributed by atoms with Gasteiger partial charge in [-0.1, -0.05) is 12.1 Å². The summed E-state index contributed by atoms with van der Waals surface area (Å²) in [5, 5.41) is 0. The smallest absolute Gasteiger partial charge is 0.348 e. The first kappa shape index (κ1) is 19.0. The number of rotatable bonds is 7. The molecular formula is C19H23NO4S. The summed E-state index contributed by atoms with van der Waals surface area (Å²) in [5.41, 5.74) is 1.99. The molecule has 1 aromatic carbocycles. The monoisotopic (exact) mass is 361 g/mol. The molecule has 0 saturated heterocycles. The molecule has 2 rings (SSSR count). The molecule has 0 atom stereocenters. The molecule has 0 saturated carbocycles. The molecule has 0 spiro atoms. The third-order valence-corrected chi connectivity index (χ3v) is 4.99. The minimum absolute atomic E-state index is 0.179. The SMILES string of the molecule is CCN(CC)C(=O)COC(=O)c1cc(-c2ccc(OC)cc2)c(C)s1. The van der Waals surface area contributed by atoms with Gasteiger partial charge in [0.05, 0.1) is 7.11 Å². The molecule has 0 aliphatic rings. The largest absolute Gasteiger partial charge is 0.497 e. The van der Waals surface area contributed by atoms with Crippen molar-refractivity contribution >= 4 is 23.2 Å². The van der Waals surface area contributed by atoms with Crippen molar-refractivity contribution in [2.75, 3.05) is 26.8 Å². The Morgan fingerprint density at radius 1 is 1.12 bits per heavy atom. The fourth-order valence-corrected chi connectivity index (χ4v) is 3.44. The molecule has 0 aliphatic heterocycles. The number of hydrogen-bond donors (Lipinski definition) is 0. The third-order valence-electron chi connectivity index (χ3n) is 3.96. The van der Waals surface area contributed by atoms with Crippen LogP contribution >= 0.6 is 11.3 Å². The average molecular weight is 361 g/mol. The van der Waals surface area contributed by atoms with Gasteiger partial charge in [-0.05, 0) is 50.1 Å². The number of carbonyl (C=O) groups is 2. The maximum Gasteiger partial charge on any atom is 0.348 e. The van der Waals surface area contributed by atoms with Crippen LogP contribution in [0.1, 0.15) is 28.4 Å². The van der Waals surface area contributed by atoms with Crippen LogP contribution in [0.4, 0.5) is 0 Å². The zero-order valence-corrected chi connectivity index (χ0v) is 15.8. The Labute approximate surface area is 152 Å². The number of esters is 1. The van der Waals surface area contributed by atoms with E-state index in [9.17, 15) is 9.59 Å². The Bertz CT molecular complexity index is 732. The predicted molar refractivity (Wildman–Crippen MR) is 99.3 cm³/mol. The van der Waals surface area contributed by atoms with Gasteiger partial charge in [0.25, 0.3) is 5.91 Å². The first-order valence-electron chi connectivity index (χ1n) is 8.19. The second-order valence-electron chi connectivity index (χ2n) is 5.45. The van der Waals surface area contributed by atoms with E-state index in [1.165, 1.54) is 11.3 Å². The average Bonchev–Trinajstić information content (AvgIpc) is 3.02. The van der Waals surface area contributed by atoms with Gasteiger partial charge in [0.2, 0.25) is 0 Å². The summed E-state index contributed by atoms with van der Waals surface area (Å²) in [4.78, 5) is 27.3. The molecule has 0 N–H and O–H groups in total. The molecule has 1 aromatic heterocycles. The number of thiophene rings is 1. The molecule has 1 amide bonds. The van der Waals surface area contributed by atoms with Crippen molar-refractivity contribution in [2.45, 2.75) is 20.8 Å². The van der Waals surface area contributed by atoms with Crippen molar-refractivity contribution in [1.82, 2.24) is 4.90 Å². The van der Waals surface area contributed by atoms with Crippen LogP contribution in [0.5, 0.6) is 5.75 Å². The first-order valence-corrected chi connectivity index (χ1v) is 9.01. The Morgan fingerprint density at radius 2 is 1.76 bits per heavy atom. The maximum atomic E-state index is 12.2. The van der Waals surface area contributed by atoms with Crippen LogP contribution in [0.3, 0.4) is 0 Å². The zero-order chi connectivity index (χ0) is 18.4. The lowest BCUT2D eigenvalue weighted by Gasteiger charge is -2.17. The van der Waals surface area contributed by atoms with Crippen molar-refractivity contribution in [1.29, 1.82) is 0 Å². The first-order chi connectivity index (χ1) is 12.0. The van der Waals surface area contributed by atoms with Crippen LogP contribution in [0.15, 0.2) is 30.3 Å². The fraction of sp³-hybridized carbons (Fsp3) is 0.368. The van der Waals surface area contributed by atoms with Crippen molar-refractivity contribution in [3.63, 3.8) is 0 Å². The standard InChI is InChI=1S/C19H23NO4S/c1-5-20(6-2)18(21)12-24-19(22)17-11-16(13(3)25-17)14-7-9-15(23-4)10-8-14/h7-11H,5-6,12H2,1-4H3. The number of methoxy groups -OCH3 is 1. The molecule has 6 heteroatoms. The van der Waals surface area contributed by atoms with Crippen LogP contribution in [0, 0.1) is 6.92 Å². The van der Waals surface area contributed by atoms with Gasteiger partial charge in [-0.3, -0.25) is 4.79 Å². The predicted octanol–water partition coefficient (Wildman–Crippen LogP) is 3.76. The molecular weight excluding hydrogens is 338 g/mol. The Balaban J connectivity index is 2.07. The number of amides is 1. The van der Waals surface area contributed by atoms with E-state index < -0.39 is 5.97 Å². The Morgan fingerprint density at radius 3 is 2.32 bits per heavy atom. The van der Waals surface area contributed by atoms with E-state index in [0.717, 1.165) is 21.8 Å². The van der Waals surface area contributed by atoms with Gasteiger partial charge in [0.1, 0.15) is 10.6 Å². The highest BCUT2D eigenvalue weighted by atomic mass is 32.1. The van der Waals surface area contributed by atoms with E-state index in [1.54, 1.807) is 12.0 Å². The second-order valence-corrected chi connectivity index (χ2v) is 6.71. The van der Waals surface area contributed by atoms with Gasteiger partial charge in [-0.25, -0.2) is 4.79 Å². The highest BCUT2D eigenvalue weighted by molar-refractivity contribution is 7.14. The second kappa shape index (κ2) is 8.67. The van der Waals surface area contributed by atoms with Crippen LogP contribution in [0.2, 0.25) is 0 Å². The van der Waals surface area contributed by atoms with Crippen molar-refractivity contribution in [3.05, 3.63) is 40.1 Å². The summed E-state index contributed by atoms with van der Waals surface area (Å²) >= 11 is 1.37. The number of aryl methyl sites for hydroxylation is 1. The molecule has 0 aliphatic carbocycles. The van der Waals surface area contributed by atoms with Gasteiger partial charge >= 0.3 is 5.97 Å². The van der Waals surface area contributed by atoms with Crippen LogP contribution in [0.25, 0.3) is 11.1 Å². The lowest BCUT2D eigenvalue weighted by atomic mass is 10.1. The van der Waals surface area contributed by atoms with Crippen LogP contribution < -0.4 is 4.74 Å². The quantitative estimate of drug-likeness (QED) is 0.705. The summed E-state index contributed by atoms with van der Waals surface area (Å²) < 4.78 is 10.3. The highest BCUT2D eigenvalue weighted by Gasteiger charge is 2.17. The van der Waals surface area contributed by atoms with Crippen LogP contribution in [-0.4, -0.2) is 43.6 Å². The van der Waals surface area contributed by atoms with E-state index in [4.69, 9.17) is 9.47 Å². The van der Waals surface area contributed by atoms with Gasteiger partial charge in [0, 0.05) is 18.0 Å². The Kier molecular flexibility index (Phi) is 6.58. The number of carbonyl (C=O) groups excluding carboxylic acids is 2. The van der Waals surface area contributed by atoms with Crippen molar-refractivity contribution in [2.24, 2.45) is 0 Å². The minimum atomic E-state index is -0.464. The van der Waals surface area contributed by atoms with E-state index in [1.807, 2.05) is 51.1 Å². The molecule has 5 nitrogen and oxygen atoms in total. The number of nitrogens with zero attached hydrogens (tertiary/aromatic N) is 1. The molecule has 0 unspecified atom stereocenters. The van der Waals surface area contributed by atoms with E-state index in [2.05, 4.69) is 0 Å². The molecule has 2 aromatic rings. The zero-order valence-electron chi connectivity index (χ0n) is 15.0. The lowest BCUT2D eigenvalue weighted by Crippen LogP contribution is -2.34. The molecule has 1 heterocycles. The lowest BCUT2D eigenvalue weighted by molar-refractivity contribution is -0.134. The topological polar surface area (TPSA) is 55.8 Å². The summed E-state index contributed by atoms with van der Waals surface area (Å²) in [6.45, 7) is 6.73. The summed E-state index contributed by atoms with van der Waals surface area (Å²) in [5.74, 6) is 0.140. The maximum absolute atomic E-state index is 12.2. The van der Waals surface area contributed by atoms with E-state index >= 15 is 0 Å². The summed E-state index contributed by atoms with van der Waals surface area (Å²) in [6.07, 6.45) is 0. The number of benzene rings is 1. The molecule has 25 heavy (non-hydrogen) atoms. The fourth-order valence-electron chi connectivity index (χ4n) is 2.51. The van der Waals surface area contributed by atoms with Gasteiger partial charge in [0.15, 0.2) is 6.61 Å². The number of hydrogen-bond acceptors (Lipinski definition) is 5. The van der Waals surface area contributed by atoms with E-state index in [-0.39, 0.29) is 12.5 Å². The van der Waals surface area contributed by atoms with E-state index in [0.29, 0.717) is 18.0 Å².